The normalized spacial score (nSPS) is 15.8. The van der Waals surface area contributed by atoms with Crippen LogP contribution in [-0.4, -0.2) is 12.4 Å². The number of allylic oxidation sites excluding steroid dienone is 8. The molecule has 0 aromatic heterocycles. The van der Waals surface area contributed by atoms with E-state index in [-0.39, 0.29) is 0 Å². The fourth-order valence-electron chi connectivity index (χ4n) is 1.54. The first kappa shape index (κ1) is 15.5. The molecule has 20 heavy (non-hydrogen) atoms. The Morgan fingerprint density at radius 2 is 2.35 bits per heavy atom. The van der Waals surface area contributed by atoms with Crippen molar-refractivity contribution >= 4 is 5.84 Å². The van der Waals surface area contributed by atoms with Crippen molar-refractivity contribution in [2.75, 3.05) is 6.54 Å². The quantitative estimate of drug-likeness (QED) is 0.339. The monoisotopic (exact) mass is 264 g/mol. The summed E-state index contributed by atoms with van der Waals surface area (Å²) in [6, 6.07) is 0. The minimum atomic E-state index is 0.491. The largest absolute Gasteiger partial charge is 0.384 e. The molecule has 0 aromatic rings. The van der Waals surface area contributed by atoms with Gasteiger partial charge in [-0.3, -0.25) is 4.99 Å². The van der Waals surface area contributed by atoms with Gasteiger partial charge in [0.05, 0.1) is 6.54 Å². The fraction of sp³-hybridized carbons (Fsp3) is 0.167. The smallest absolute Gasteiger partial charge is 0.118 e. The molecular formula is C18H20N2. The summed E-state index contributed by atoms with van der Waals surface area (Å²) in [6.07, 6.45) is 24.5. The molecule has 0 saturated carbocycles. The standard InChI is InChI=1S/C18H20N2/c1-3-5-10-16(4-2)15-20-18(19)14-13-17-11-8-6-7-9-12-17/h1,4,6-8,10-14H,2,5,9,15H2,(H2,19,20)/b14-13+,16-10+. The molecule has 0 bridgehead atoms. The third kappa shape index (κ3) is 6.42. The third-order valence-corrected chi connectivity index (χ3v) is 2.66. The highest BCUT2D eigenvalue weighted by molar-refractivity contribution is 5.92. The van der Waals surface area contributed by atoms with Gasteiger partial charge in [-0.1, -0.05) is 55.2 Å². The number of hydrogen-bond donors (Lipinski definition) is 1. The molecule has 0 aliphatic heterocycles. The van der Waals surface area contributed by atoms with Gasteiger partial charge < -0.3 is 5.73 Å². The van der Waals surface area contributed by atoms with E-state index in [1.54, 1.807) is 6.08 Å². The van der Waals surface area contributed by atoms with Crippen molar-refractivity contribution in [3.05, 3.63) is 72.4 Å². The van der Waals surface area contributed by atoms with Gasteiger partial charge in [0.2, 0.25) is 0 Å². The molecule has 102 valence electrons. The molecule has 0 aromatic carbocycles. The summed E-state index contributed by atoms with van der Waals surface area (Å²) in [6.45, 7) is 4.23. The van der Waals surface area contributed by atoms with Gasteiger partial charge in [-0.05, 0) is 23.6 Å². The first-order valence-corrected chi connectivity index (χ1v) is 6.52. The highest BCUT2D eigenvalue weighted by atomic mass is 14.8. The summed E-state index contributed by atoms with van der Waals surface area (Å²) in [5, 5.41) is 0. The second-order valence-electron chi connectivity index (χ2n) is 4.19. The Balaban J connectivity index is 2.59. The molecule has 0 spiro atoms. The SMILES string of the molecule is C#CC/C=C(\C=C)CN=C(N)/C=C/C1=CCC=CC=C1. The van der Waals surface area contributed by atoms with Gasteiger partial charge in [0.15, 0.2) is 0 Å². The second-order valence-corrected chi connectivity index (χ2v) is 4.19. The summed E-state index contributed by atoms with van der Waals surface area (Å²) in [7, 11) is 0. The lowest BCUT2D eigenvalue weighted by molar-refractivity contribution is 1.16. The third-order valence-electron chi connectivity index (χ3n) is 2.66. The maximum Gasteiger partial charge on any atom is 0.118 e. The van der Waals surface area contributed by atoms with E-state index in [2.05, 4.69) is 29.6 Å². The molecule has 0 unspecified atom stereocenters. The molecule has 0 radical (unpaired) electrons. The van der Waals surface area contributed by atoms with E-state index in [0.717, 1.165) is 17.6 Å². The average Bonchev–Trinajstić information content (AvgIpc) is 2.74. The number of rotatable bonds is 6. The zero-order chi connectivity index (χ0) is 14.6. The molecular weight excluding hydrogens is 244 g/mol. The molecule has 0 atom stereocenters. The van der Waals surface area contributed by atoms with Crippen molar-refractivity contribution in [3.63, 3.8) is 0 Å². The number of terminal acetylenes is 1. The summed E-state index contributed by atoms with van der Waals surface area (Å²) in [5.74, 6) is 3.05. The molecule has 2 nitrogen and oxygen atoms in total. The van der Waals surface area contributed by atoms with E-state index in [0.29, 0.717) is 18.8 Å². The van der Waals surface area contributed by atoms with Crippen molar-refractivity contribution < 1.29 is 0 Å². The summed E-state index contributed by atoms with van der Waals surface area (Å²) >= 11 is 0. The van der Waals surface area contributed by atoms with Crippen LogP contribution in [0, 0.1) is 12.3 Å². The molecule has 0 saturated heterocycles. The molecule has 1 rings (SSSR count). The number of nitrogens with two attached hydrogens (primary N) is 1. The first-order valence-electron chi connectivity index (χ1n) is 6.52. The van der Waals surface area contributed by atoms with Crippen molar-refractivity contribution in [2.24, 2.45) is 10.7 Å². The summed E-state index contributed by atoms with van der Waals surface area (Å²) in [5.41, 5.74) is 7.96. The minimum absolute atomic E-state index is 0.491. The second kappa shape index (κ2) is 9.41. The van der Waals surface area contributed by atoms with Gasteiger partial charge in [0.1, 0.15) is 5.84 Å². The fourth-order valence-corrected chi connectivity index (χ4v) is 1.54. The van der Waals surface area contributed by atoms with E-state index in [4.69, 9.17) is 12.2 Å². The minimum Gasteiger partial charge on any atom is -0.384 e. The van der Waals surface area contributed by atoms with E-state index < -0.39 is 0 Å². The van der Waals surface area contributed by atoms with Crippen LogP contribution in [0.5, 0.6) is 0 Å². The van der Waals surface area contributed by atoms with Crippen LogP contribution in [0.25, 0.3) is 0 Å². The molecule has 2 heteroatoms. The summed E-state index contributed by atoms with van der Waals surface area (Å²) in [4.78, 5) is 4.29. The lowest BCUT2D eigenvalue weighted by atomic mass is 10.2. The zero-order valence-electron chi connectivity index (χ0n) is 11.6. The van der Waals surface area contributed by atoms with Crippen molar-refractivity contribution in [3.8, 4) is 12.3 Å². The highest BCUT2D eigenvalue weighted by Crippen LogP contribution is 2.06. The molecule has 1 aliphatic carbocycles. The Bertz CT molecular complexity index is 546. The van der Waals surface area contributed by atoms with Crippen molar-refractivity contribution in [1.82, 2.24) is 0 Å². The van der Waals surface area contributed by atoms with Gasteiger partial charge in [-0.15, -0.1) is 12.3 Å². The molecule has 0 amide bonds. The van der Waals surface area contributed by atoms with Gasteiger partial charge in [-0.25, -0.2) is 0 Å². The van der Waals surface area contributed by atoms with Crippen LogP contribution in [0.2, 0.25) is 0 Å². The number of aliphatic imine (C=N–C) groups is 1. The van der Waals surface area contributed by atoms with E-state index in [9.17, 15) is 0 Å². The zero-order valence-corrected chi connectivity index (χ0v) is 11.6. The van der Waals surface area contributed by atoms with Crippen LogP contribution in [-0.2, 0) is 0 Å². The van der Waals surface area contributed by atoms with Gasteiger partial charge in [0, 0.05) is 6.42 Å². The highest BCUT2D eigenvalue weighted by Gasteiger charge is 1.92. The van der Waals surface area contributed by atoms with Gasteiger partial charge >= 0.3 is 0 Å². The summed E-state index contributed by atoms with van der Waals surface area (Å²) < 4.78 is 0. The van der Waals surface area contributed by atoms with Crippen LogP contribution in [0.4, 0.5) is 0 Å². The molecule has 0 fully saturated rings. The van der Waals surface area contributed by atoms with Crippen LogP contribution >= 0.6 is 0 Å². The van der Waals surface area contributed by atoms with Crippen LogP contribution in [0.1, 0.15) is 12.8 Å². The van der Waals surface area contributed by atoms with Crippen LogP contribution in [0.15, 0.2) is 77.4 Å². The van der Waals surface area contributed by atoms with Crippen molar-refractivity contribution in [1.29, 1.82) is 0 Å². The Hall–Kier alpha value is -2.53. The Morgan fingerprint density at radius 1 is 1.50 bits per heavy atom. The van der Waals surface area contributed by atoms with Crippen molar-refractivity contribution in [2.45, 2.75) is 12.8 Å². The number of nitrogens with zero attached hydrogens (tertiary/aromatic N) is 1. The van der Waals surface area contributed by atoms with Gasteiger partial charge in [-0.2, -0.15) is 0 Å². The molecule has 0 heterocycles. The maximum atomic E-state index is 5.86. The first-order chi connectivity index (χ1) is 9.76. The maximum absolute atomic E-state index is 5.86. The van der Waals surface area contributed by atoms with E-state index in [1.807, 2.05) is 36.5 Å². The van der Waals surface area contributed by atoms with Crippen LogP contribution < -0.4 is 5.73 Å². The Labute approximate surface area is 121 Å². The predicted octanol–water partition coefficient (Wildman–Crippen LogP) is 3.48. The average molecular weight is 264 g/mol. The van der Waals surface area contributed by atoms with Crippen LogP contribution in [0.3, 0.4) is 0 Å². The molecule has 1 aliphatic rings. The van der Waals surface area contributed by atoms with Gasteiger partial charge in [0.25, 0.3) is 0 Å². The number of amidine groups is 1. The Kier molecular flexibility index (Phi) is 7.30. The lowest BCUT2D eigenvalue weighted by Crippen LogP contribution is -2.09. The predicted molar refractivity (Wildman–Crippen MR) is 88.3 cm³/mol. The van der Waals surface area contributed by atoms with E-state index in [1.165, 1.54) is 0 Å². The topological polar surface area (TPSA) is 38.4 Å². The Morgan fingerprint density at radius 3 is 3.10 bits per heavy atom. The number of hydrogen-bond acceptors (Lipinski definition) is 1. The lowest BCUT2D eigenvalue weighted by Gasteiger charge is -1.98. The molecule has 2 N–H and O–H groups in total. The van der Waals surface area contributed by atoms with E-state index >= 15 is 0 Å².